The first-order chi connectivity index (χ1) is 19.6. The summed E-state index contributed by atoms with van der Waals surface area (Å²) in [6.07, 6.45) is -0.617. The SMILES string of the molecule is CN(C)c1ccc(N=Nc2ccc(S(=O)(=O)N[C@@H](Cc3ccc(OC(=O)N4CCOCC4)cc3)C(=O)O)cc2)cc1. The number of rotatable bonds is 10. The molecule has 3 aromatic carbocycles. The molecule has 1 heterocycles. The zero-order chi connectivity index (χ0) is 29.4. The van der Waals surface area contributed by atoms with Crippen LogP contribution in [0, 0.1) is 0 Å². The number of nitrogens with one attached hydrogen (secondary N) is 1. The zero-order valence-electron chi connectivity index (χ0n) is 22.6. The molecule has 2 N–H and O–H groups in total. The number of sulfonamides is 1. The van der Waals surface area contributed by atoms with Crippen molar-refractivity contribution in [3.8, 4) is 5.75 Å². The summed E-state index contributed by atoms with van der Waals surface area (Å²) in [5, 5.41) is 18.0. The number of amides is 1. The quantitative estimate of drug-likeness (QED) is 0.342. The highest BCUT2D eigenvalue weighted by Gasteiger charge is 2.26. The van der Waals surface area contributed by atoms with E-state index in [4.69, 9.17) is 9.47 Å². The van der Waals surface area contributed by atoms with Crippen LogP contribution in [0.4, 0.5) is 21.9 Å². The molecule has 41 heavy (non-hydrogen) atoms. The molecule has 0 unspecified atom stereocenters. The number of aliphatic carboxylic acids is 1. The average molecular weight is 582 g/mol. The molecule has 0 bridgehead atoms. The Balaban J connectivity index is 1.36. The second-order valence-corrected chi connectivity index (χ2v) is 11.1. The number of carbonyl (C=O) groups excluding carboxylic acids is 1. The van der Waals surface area contributed by atoms with Crippen LogP contribution in [0.1, 0.15) is 5.56 Å². The Bertz CT molecular complexity index is 1470. The maximum Gasteiger partial charge on any atom is 0.415 e. The van der Waals surface area contributed by atoms with Gasteiger partial charge >= 0.3 is 12.1 Å². The minimum atomic E-state index is -4.15. The highest BCUT2D eigenvalue weighted by atomic mass is 32.2. The van der Waals surface area contributed by atoms with Gasteiger partial charge in [0.05, 0.1) is 29.5 Å². The van der Waals surface area contributed by atoms with Gasteiger partial charge in [-0.1, -0.05) is 12.1 Å². The van der Waals surface area contributed by atoms with Gasteiger partial charge in [-0.15, -0.1) is 0 Å². The zero-order valence-corrected chi connectivity index (χ0v) is 23.5. The molecule has 0 aliphatic carbocycles. The minimum Gasteiger partial charge on any atom is -0.480 e. The average Bonchev–Trinajstić information content (AvgIpc) is 2.97. The van der Waals surface area contributed by atoms with Crippen LogP contribution in [0.15, 0.2) is 87.9 Å². The maximum absolute atomic E-state index is 12.9. The third-order valence-corrected chi connectivity index (χ3v) is 7.71. The fourth-order valence-corrected chi connectivity index (χ4v) is 5.09. The van der Waals surface area contributed by atoms with E-state index in [2.05, 4.69) is 15.0 Å². The summed E-state index contributed by atoms with van der Waals surface area (Å²) in [5.41, 5.74) is 2.64. The van der Waals surface area contributed by atoms with E-state index < -0.39 is 28.1 Å². The van der Waals surface area contributed by atoms with Gasteiger partial charge in [0.25, 0.3) is 0 Å². The molecule has 1 atom stereocenters. The van der Waals surface area contributed by atoms with E-state index in [-0.39, 0.29) is 11.3 Å². The number of carboxylic acids is 1. The van der Waals surface area contributed by atoms with Crippen molar-refractivity contribution in [2.24, 2.45) is 10.2 Å². The number of hydrogen-bond donors (Lipinski definition) is 2. The Morgan fingerprint density at radius 2 is 1.51 bits per heavy atom. The van der Waals surface area contributed by atoms with Crippen molar-refractivity contribution in [2.75, 3.05) is 45.3 Å². The van der Waals surface area contributed by atoms with E-state index in [1.807, 2.05) is 43.3 Å². The van der Waals surface area contributed by atoms with Crippen LogP contribution in [0.3, 0.4) is 0 Å². The summed E-state index contributed by atoms with van der Waals surface area (Å²) >= 11 is 0. The fourth-order valence-electron chi connectivity index (χ4n) is 3.90. The van der Waals surface area contributed by atoms with Crippen LogP contribution in [-0.4, -0.2) is 76.9 Å². The van der Waals surface area contributed by atoms with E-state index in [9.17, 15) is 23.1 Å². The molecule has 1 amide bonds. The number of benzene rings is 3. The van der Waals surface area contributed by atoms with Gasteiger partial charge in [-0.25, -0.2) is 13.2 Å². The summed E-state index contributed by atoms with van der Waals surface area (Å²) in [4.78, 5) is 27.5. The van der Waals surface area contributed by atoms with Crippen LogP contribution in [0.25, 0.3) is 0 Å². The fraction of sp³-hybridized carbons (Fsp3) is 0.286. The number of carbonyl (C=O) groups is 2. The van der Waals surface area contributed by atoms with Crippen molar-refractivity contribution in [1.29, 1.82) is 0 Å². The topological polar surface area (TPSA) is 150 Å². The van der Waals surface area contributed by atoms with Gasteiger partial charge < -0.3 is 24.4 Å². The van der Waals surface area contributed by atoms with E-state index in [0.717, 1.165) is 5.69 Å². The number of carboxylic acid groups (broad SMARTS) is 1. The summed E-state index contributed by atoms with van der Waals surface area (Å²) in [5.74, 6) is -1.04. The molecule has 12 nitrogen and oxygen atoms in total. The van der Waals surface area contributed by atoms with Crippen molar-refractivity contribution in [1.82, 2.24) is 9.62 Å². The summed E-state index contributed by atoms with van der Waals surface area (Å²) in [6, 6.07) is 17.9. The lowest BCUT2D eigenvalue weighted by atomic mass is 10.1. The number of nitrogens with zero attached hydrogens (tertiary/aromatic N) is 4. The van der Waals surface area contributed by atoms with Crippen LogP contribution < -0.4 is 14.4 Å². The van der Waals surface area contributed by atoms with Gasteiger partial charge in [0.2, 0.25) is 10.0 Å². The number of ether oxygens (including phenoxy) is 2. The van der Waals surface area contributed by atoms with E-state index >= 15 is 0 Å². The molecule has 1 fully saturated rings. The second kappa shape index (κ2) is 13.4. The number of hydrogen-bond acceptors (Lipinski definition) is 9. The standard InChI is InChI=1S/C28H31N5O7S/c1-32(2)23-9-5-21(6-10-23)29-30-22-7-13-25(14-8-22)41(37,38)31-26(27(34)35)19-20-3-11-24(12-4-20)40-28(36)33-15-17-39-18-16-33/h3-14,26,31H,15-19H2,1-2H3,(H,34,35)/t26-/m0/s1. The summed E-state index contributed by atoms with van der Waals surface area (Å²) in [6.45, 7) is 1.77. The molecule has 3 aromatic rings. The molecule has 216 valence electrons. The molecule has 1 aliphatic heterocycles. The van der Waals surface area contributed by atoms with Crippen molar-refractivity contribution >= 4 is 39.1 Å². The molecule has 0 spiro atoms. The smallest absolute Gasteiger partial charge is 0.415 e. The summed E-state index contributed by atoms with van der Waals surface area (Å²) in [7, 11) is -0.280. The number of anilines is 1. The molecule has 13 heteroatoms. The molecule has 1 saturated heterocycles. The Labute approximate surface area is 238 Å². The van der Waals surface area contributed by atoms with E-state index in [0.29, 0.717) is 49.0 Å². The monoisotopic (exact) mass is 581 g/mol. The Morgan fingerprint density at radius 1 is 0.951 bits per heavy atom. The van der Waals surface area contributed by atoms with Crippen LogP contribution >= 0.6 is 0 Å². The Morgan fingerprint density at radius 3 is 2.05 bits per heavy atom. The van der Waals surface area contributed by atoms with Gasteiger partial charge in [0.15, 0.2) is 0 Å². The van der Waals surface area contributed by atoms with Crippen LogP contribution in [-0.2, 0) is 26.0 Å². The Hall–Kier alpha value is -4.33. The van der Waals surface area contributed by atoms with Gasteiger partial charge in [-0.2, -0.15) is 15.0 Å². The van der Waals surface area contributed by atoms with Crippen molar-refractivity contribution in [2.45, 2.75) is 17.4 Å². The van der Waals surface area contributed by atoms with E-state index in [1.54, 1.807) is 12.1 Å². The highest BCUT2D eigenvalue weighted by Crippen LogP contribution is 2.23. The van der Waals surface area contributed by atoms with Crippen molar-refractivity contribution in [3.05, 3.63) is 78.4 Å². The van der Waals surface area contributed by atoms with Gasteiger partial charge in [-0.3, -0.25) is 4.79 Å². The van der Waals surface area contributed by atoms with Gasteiger partial charge in [0.1, 0.15) is 11.8 Å². The molecular weight excluding hydrogens is 550 g/mol. The second-order valence-electron chi connectivity index (χ2n) is 9.43. The Kier molecular flexibility index (Phi) is 9.65. The maximum atomic E-state index is 12.9. The predicted octanol–water partition coefficient (Wildman–Crippen LogP) is 3.97. The van der Waals surface area contributed by atoms with Crippen molar-refractivity contribution < 1.29 is 32.6 Å². The predicted molar refractivity (Wildman–Crippen MR) is 152 cm³/mol. The highest BCUT2D eigenvalue weighted by molar-refractivity contribution is 7.89. The van der Waals surface area contributed by atoms with Crippen molar-refractivity contribution in [3.63, 3.8) is 0 Å². The molecular formula is C28H31N5O7S. The minimum absolute atomic E-state index is 0.108. The first-order valence-corrected chi connectivity index (χ1v) is 14.3. The first-order valence-electron chi connectivity index (χ1n) is 12.8. The molecule has 0 aromatic heterocycles. The number of morpholine rings is 1. The third kappa shape index (κ3) is 8.33. The lowest BCUT2D eigenvalue weighted by Crippen LogP contribution is -2.42. The lowest BCUT2D eigenvalue weighted by Gasteiger charge is -2.25. The summed E-state index contributed by atoms with van der Waals surface area (Å²) < 4.78 is 38.7. The first kappa shape index (κ1) is 29.6. The van der Waals surface area contributed by atoms with Gasteiger partial charge in [-0.05, 0) is 72.6 Å². The van der Waals surface area contributed by atoms with Crippen LogP contribution in [0.2, 0.25) is 0 Å². The molecule has 1 aliphatic rings. The molecule has 4 rings (SSSR count). The molecule has 0 radical (unpaired) electrons. The van der Waals surface area contributed by atoms with Gasteiger partial charge in [0, 0.05) is 32.9 Å². The van der Waals surface area contributed by atoms with Crippen LogP contribution in [0.5, 0.6) is 5.75 Å². The third-order valence-electron chi connectivity index (χ3n) is 6.23. The largest absolute Gasteiger partial charge is 0.480 e. The van der Waals surface area contributed by atoms with E-state index in [1.165, 1.54) is 41.3 Å². The number of azo groups is 1. The lowest BCUT2D eigenvalue weighted by molar-refractivity contribution is -0.138. The normalized spacial score (nSPS) is 14.5. The molecule has 0 saturated carbocycles.